The molecule has 1 aliphatic rings. The van der Waals surface area contributed by atoms with Gasteiger partial charge in [0, 0.05) is 13.1 Å². The lowest BCUT2D eigenvalue weighted by atomic mass is 10.2. The summed E-state index contributed by atoms with van der Waals surface area (Å²) < 4.78 is 5.21. The van der Waals surface area contributed by atoms with Crippen molar-refractivity contribution >= 4 is 17.3 Å². The van der Waals surface area contributed by atoms with E-state index in [0.29, 0.717) is 18.0 Å². The highest BCUT2D eigenvalue weighted by molar-refractivity contribution is 6.06. The molecule has 0 spiro atoms. The summed E-state index contributed by atoms with van der Waals surface area (Å²) in [5.41, 5.74) is 2.49. The Balaban J connectivity index is 2.01. The fourth-order valence-electron chi connectivity index (χ4n) is 2.28. The number of amides is 1. The number of carbonyl (C=O) groups excluding carboxylic acids is 1. The van der Waals surface area contributed by atoms with Crippen molar-refractivity contribution in [1.82, 2.24) is 4.98 Å². The minimum atomic E-state index is -0.133. The van der Waals surface area contributed by atoms with E-state index >= 15 is 0 Å². The van der Waals surface area contributed by atoms with E-state index in [2.05, 4.69) is 10.3 Å². The van der Waals surface area contributed by atoms with Gasteiger partial charge >= 0.3 is 0 Å². The quantitative estimate of drug-likeness (QED) is 0.852. The summed E-state index contributed by atoms with van der Waals surface area (Å²) in [6.45, 7) is 3.30. The first-order valence-corrected chi connectivity index (χ1v) is 6.32. The second-order valence-electron chi connectivity index (χ2n) is 4.52. The number of oxazole rings is 1. The number of fused-ring (bicyclic) bond motifs is 1. The molecule has 1 aliphatic heterocycles. The largest absolute Gasteiger partial charge is 0.438 e. The third-order valence-corrected chi connectivity index (χ3v) is 3.25. The minimum absolute atomic E-state index is 0.133. The molecule has 1 aromatic heterocycles. The summed E-state index contributed by atoms with van der Waals surface area (Å²) in [4.78, 5) is 18.3. The molecule has 5 nitrogen and oxygen atoms in total. The van der Waals surface area contributed by atoms with Gasteiger partial charge in [-0.15, -0.1) is 0 Å². The van der Waals surface area contributed by atoms with Crippen LogP contribution in [0.5, 0.6) is 0 Å². The lowest BCUT2D eigenvalue weighted by Gasteiger charge is -2.21. The lowest BCUT2D eigenvalue weighted by Crippen LogP contribution is -2.31. The Hall–Kier alpha value is -2.30. The topological polar surface area (TPSA) is 58.4 Å². The van der Waals surface area contributed by atoms with Crippen molar-refractivity contribution < 1.29 is 9.21 Å². The van der Waals surface area contributed by atoms with Crippen LogP contribution in [0, 0.1) is 6.92 Å². The number of aryl methyl sites for hydroxylation is 1. The number of nitrogens with zero attached hydrogens (tertiary/aromatic N) is 2. The number of hydrogen-bond acceptors (Lipinski definition) is 4. The molecular formula is C14H15N3O2. The number of rotatable bonds is 1. The smallest absolute Gasteiger partial charge is 0.296 e. The highest BCUT2D eigenvalue weighted by atomic mass is 16.3. The van der Waals surface area contributed by atoms with Crippen LogP contribution in [0.2, 0.25) is 0 Å². The lowest BCUT2D eigenvalue weighted by molar-refractivity contribution is 0.0960. The third-order valence-electron chi connectivity index (χ3n) is 3.25. The third kappa shape index (κ3) is 2.07. The second kappa shape index (κ2) is 4.76. The molecular weight excluding hydrogens is 242 g/mol. The molecule has 19 heavy (non-hydrogen) atoms. The van der Waals surface area contributed by atoms with E-state index in [-0.39, 0.29) is 5.91 Å². The normalized spacial score (nSPS) is 14.5. The summed E-state index contributed by atoms with van der Waals surface area (Å²) in [6.07, 6.45) is 2.21. The van der Waals surface area contributed by atoms with Crippen molar-refractivity contribution in [2.24, 2.45) is 0 Å². The van der Waals surface area contributed by atoms with Gasteiger partial charge in [-0.2, -0.15) is 0 Å². The van der Waals surface area contributed by atoms with Crippen LogP contribution < -0.4 is 10.2 Å². The minimum Gasteiger partial charge on any atom is -0.438 e. The van der Waals surface area contributed by atoms with Gasteiger partial charge in [-0.3, -0.25) is 4.79 Å². The molecule has 1 amide bonds. The molecule has 3 rings (SSSR count). The van der Waals surface area contributed by atoms with Crippen molar-refractivity contribution in [1.29, 1.82) is 0 Å². The van der Waals surface area contributed by atoms with Gasteiger partial charge in [-0.05, 0) is 25.5 Å². The molecule has 0 unspecified atom stereocenters. The Morgan fingerprint density at radius 2 is 2.26 bits per heavy atom. The number of nitrogens with one attached hydrogen (secondary N) is 1. The molecule has 0 bridgehead atoms. The zero-order valence-electron chi connectivity index (χ0n) is 10.7. The second-order valence-corrected chi connectivity index (χ2v) is 4.52. The van der Waals surface area contributed by atoms with Gasteiger partial charge in [0.25, 0.3) is 5.91 Å². The van der Waals surface area contributed by atoms with Crippen LogP contribution in [0.3, 0.4) is 0 Å². The van der Waals surface area contributed by atoms with Gasteiger partial charge < -0.3 is 14.6 Å². The van der Waals surface area contributed by atoms with E-state index in [9.17, 15) is 4.79 Å². The molecule has 2 aromatic rings. The number of carbonyl (C=O) groups is 1. The number of benzene rings is 1. The van der Waals surface area contributed by atoms with E-state index in [4.69, 9.17) is 4.42 Å². The Labute approximate surface area is 111 Å². The fourth-order valence-corrected chi connectivity index (χ4v) is 2.28. The highest BCUT2D eigenvalue weighted by Gasteiger charge is 2.25. The van der Waals surface area contributed by atoms with Gasteiger partial charge in [0.15, 0.2) is 6.39 Å². The Morgan fingerprint density at radius 3 is 3.05 bits per heavy atom. The molecule has 0 fully saturated rings. The number of hydrogen-bond donors (Lipinski definition) is 1. The summed E-state index contributed by atoms with van der Waals surface area (Å²) >= 11 is 0. The monoisotopic (exact) mass is 257 g/mol. The number of anilines is 2. The summed E-state index contributed by atoms with van der Waals surface area (Å²) in [5, 5.41) is 3.33. The predicted molar refractivity (Wildman–Crippen MR) is 72.5 cm³/mol. The summed E-state index contributed by atoms with van der Waals surface area (Å²) in [5.74, 6) is 0.183. The van der Waals surface area contributed by atoms with E-state index in [1.807, 2.05) is 24.3 Å². The van der Waals surface area contributed by atoms with E-state index in [0.717, 1.165) is 24.3 Å². The Morgan fingerprint density at radius 1 is 1.42 bits per heavy atom. The zero-order valence-corrected chi connectivity index (χ0v) is 10.7. The maximum atomic E-state index is 12.6. The van der Waals surface area contributed by atoms with Gasteiger partial charge in [0.1, 0.15) is 0 Å². The molecule has 1 N–H and O–H groups in total. The molecule has 0 saturated heterocycles. The Kier molecular flexibility index (Phi) is 2.95. The van der Waals surface area contributed by atoms with Crippen LogP contribution >= 0.6 is 0 Å². The van der Waals surface area contributed by atoms with Crippen LogP contribution in [0.25, 0.3) is 0 Å². The van der Waals surface area contributed by atoms with Crippen LogP contribution in [0.1, 0.15) is 22.7 Å². The molecule has 0 radical (unpaired) electrons. The molecule has 1 aromatic carbocycles. The van der Waals surface area contributed by atoms with E-state index in [1.54, 1.807) is 11.8 Å². The van der Waals surface area contributed by atoms with Gasteiger partial charge in [-0.25, -0.2) is 4.98 Å². The standard InChI is InChI=1S/C14H15N3O2/c1-10-13(19-9-16-10)14(18)17-8-4-7-15-11-5-2-3-6-12(11)17/h2-3,5-6,9,15H,4,7-8H2,1H3. The average molecular weight is 257 g/mol. The maximum Gasteiger partial charge on any atom is 0.296 e. The van der Waals surface area contributed by atoms with Crippen LogP contribution in [0.15, 0.2) is 35.1 Å². The Bertz CT molecular complexity index is 606. The molecule has 5 heteroatoms. The van der Waals surface area contributed by atoms with Crippen molar-refractivity contribution in [2.75, 3.05) is 23.3 Å². The van der Waals surface area contributed by atoms with Crippen molar-refractivity contribution in [3.05, 3.63) is 42.1 Å². The molecule has 0 atom stereocenters. The SMILES string of the molecule is Cc1ncoc1C(=O)N1CCCNc2ccccc21. The average Bonchev–Trinajstić information content (AvgIpc) is 2.74. The van der Waals surface area contributed by atoms with Crippen molar-refractivity contribution in [3.8, 4) is 0 Å². The maximum absolute atomic E-state index is 12.6. The summed E-state index contributed by atoms with van der Waals surface area (Å²) in [7, 11) is 0. The number of aromatic nitrogens is 1. The first-order valence-electron chi connectivity index (χ1n) is 6.32. The first-order chi connectivity index (χ1) is 9.27. The molecule has 2 heterocycles. The number of para-hydroxylation sites is 2. The van der Waals surface area contributed by atoms with Crippen LogP contribution in [0.4, 0.5) is 11.4 Å². The van der Waals surface area contributed by atoms with Crippen molar-refractivity contribution in [2.45, 2.75) is 13.3 Å². The van der Waals surface area contributed by atoms with Gasteiger partial charge in [0.2, 0.25) is 5.76 Å². The van der Waals surface area contributed by atoms with Crippen LogP contribution in [-0.2, 0) is 0 Å². The van der Waals surface area contributed by atoms with Gasteiger partial charge in [0.05, 0.1) is 17.1 Å². The van der Waals surface area contributed by atoms with Gasteiger partial charge in [-0.1, -0.05) is 12.1 Å². The predicted octanol–water partition coefficient (Wildman–Crippen LogP) is 2.45. The summed E-state index contributed by atoms with van der Waals surface area (Å²) in [6, 6.07) is 7.81. The van der Waals surface area contributed by atoms with E-state index in [1.165, 1.54) is 6.39 Å². The first kappa shape index (κ1) is 11.8. The fraction of sp³-hybridized carbons (Fsp3) is 0.286. The van der Waals surface area contributed by atoms with Crippen LogP contribution in [-0.4, -0.2) is 24.0 Å². The molecule has 0 saturated carbocycles. The molecule has 0 aliphatic carbocycles. The van der Waals surface area contributed by atoms with E-state index < -0.39 is 0 Å². The zero-order chi connectivity index (χ0) is 13.2. The highest BCUT2D eigenvalue weighted by Crippen LogP contribution is 2.29. The van der Waals surface area contributed by atoms with Crippen molar-refractivity contribution in [3.63, 3.8) is 0 Å². The molecule has 98 valence electrons.